The molecule has 2 aromatic rings. The molecule has 4 nitrogen and oxygen atoms in total. The molecule has 3 rings (SSSR count). The number of amidine groups is 1. The van der Waals surface area contributed by atoms with Gasteiger partial charge in [-0.3, -0.25) is 0 Å². The summed E-state index contributed by atoms with van der Waals surface area (Å²) in [5, 5.41) is 12.9. The number of nitrogens with two attached hydrogens (primary N) is 1. The van der Waals surface area contributed by atoms with Crippen LogP contribution in [-0.4, -0.2) is 15.6 Å². The number of hydrogen-bond acceptors (Lipinski definition) is 2. The van der Waals surface area contributed by atoms with Crippen LogP contribution in [-0.2, 0) is 6.54 Å². The van der Waals surface area contributed by atoms with Crippen LogP contribution in [0.2, 0.25) is 0 Å². The van der Waals surface area contributed by atoms with Crippen molar-refractivity contribution in [1.29, 1.82) is 0 Å². The molecular formula is C13H15N3O. The number of hydrogen-bond donors (Lipinski definition) is 2. The fourth-order valence-corrected chi connectivity index (χ4v) is 2.24. The third-order valence-electron chi connectivity index (χ3n) is 3.35. The second-order valence-electron chi connectivity index (χ2n) is 4.64. The van der Waals surface area contributed by atoms with E-state index in [1.807, 2.05) is 18.2 Å². The quantitative estimate of drug-likeness (QED) is 0.366. The Morgan fingerprint density at radius 3 is 2.94 bits per heavy atom. The highest BCUT2D eigenvalue weighted by Gasteiger charge is 2.22. The molecule has 0 aliphatic heterocycles. The van der Waals surface area contributed by atoms with Gasteiger partial charge in [-0.2, -0.15) is 0 Å². The molecular weight excluding hydrogens is 214 g/mol. The van der Waals surface area contributed by atoms with Gasteiger partial charge in [0.2, 0.25) is 0 Å². The monoisotopic (exact) mass is 229 g/mol. The number of aromatic nitrogens is 1. The van der Waals surface area contributed by atoms with E-state index in [0.29, 0.717) is 0 Å². The van der Waals surface area contributed by atoms with Gasteiger partial charge in [0.25, 0.3) is 0 Å². The molecule has 88 valence electrons. The van der Waals surface area contributed by atoms with Crippen LogP contribution in [0.3, 0.4) is 0 Å². The van der Waals surface area contributed by atoms with Gasteiger partial charge in [-0.15, -0.1) is 0 Å². The first-order valence-corrected chi connectivity index (χ1v) is 5.85. The lowest BCUT2D eigenvalue weighted by atomic mass is 10.1. The number of fused-ring (bicyclic) bond motifs is 1. The summed E-state index contributed by atoms with van der Waals surface area (Å²) in [4.78, 5) is 0. The molecule has 0 atom stereocenters. The Labute approximate surface area is 99.3 Å². The lowest BCUT2D eigenvalue weighted by molar-refractivity contribution is 0.318. The predicted octanol–water partition coefficient (Wildman–Crippen LogP) is 2.15. The second kappa shape index (κ2) is 3.80. The Morgan fingerprint density at radius 2 is 2.24 bits per heavy atom. The minimum Gasteiger partial charge on any atom is -0.409 e. The fraction of sp³-hybridized carbons (Fsp3) is 0.308. The summed E-state index contributed by atoms with van der Waals surface area (Å²) in [5.41, 5.74) is 7.62. The van der Waals surface area contributed by atoms with Crippen LogP contribution in [0, 0.1) is 5.92 Å². The van der Waals surface area contributed by atoms with Crippen molar-refractivity contribution in [3.05, 3.63) is 36.0 Å². The van der Waals surface area contributed by atoms with Crippen LogP contribution in [0.4, 0.5) is 0 Å². The molecule has 1 aromatic carbocycles. The maximum Gasteiger partial charge on any atom is 0.170 e. The summed E-state index contributed by atoms with van der Waals surface area (Å²) < 4.78 is 2.25. The third kappa shape index (κ3) is 1.75. The minimum absolute atomic E-state index is 0.166. The Bertz CT molecular complexity index is 581. The van der Waals surface area contributed by atoms with E-state index in [1.165, 1.54) is 12.8 Å². The van der Waals surface area contributed by atoms with Crippen LogP contribution in [0.25, 0.3) is 10.9 Å². The third-order valence-corrected chi connectivity index (χ3v) is 3.35. The average molecular weight is 229 g/mol. The molecule has 1 fully saturated rings. The zero-order chi connectivity index (χ0) is 11.8. The van der Waals surface area contributed by atoms with Crippen molar-refractivity contribution in [2.24, 2.45) is 16.8 Å². The van der Waals surface area contributed by atoms with E-state index in [0.717, 1.165) is 28.9 Å². The highest BCUT2D eigenvalue weighted by molar-refractivity contribution is 6.08. The SMILES string of the molecule is N/C(=N/O)c1cccc2c1ccn2CC1CC1. The second-order valence-corrected chi connectivity index (χ2v) is 4.64. The zero-order valence-electron chi connectivity index (χ0n) is 9.50. The molecule has 1 saturated carbocycles. The van der Waals surface area contributed by atoms with E-state index in [4.69, 9.17) is 10.9 Å². The summed E-state index contributed by atoms with van der Waals surface area (Å²) in [6, 6.07) is 7.93. The first-order chi connectivity index (χ1) is 8.29. The van der Waals surface area contributed by atoms with Gasteiger partial charge in [0.05, 0.1) is 0 Å². The van der Waals surface area contributed by atoms with Crippen molar-refractivity contribution >= 4 is 16.7 Å². The Kier molecular flexibility index (Phi) is 2.28. The molecule has 0 amide bonds. The first kappa shape index (κ1) is 10.2. The number of oxime groups is 1. The van der Waals surface area contributed by atoms with Gasteiger partial charge in [-0.1, -0.05) is 17.3 Å². The van der Waals surface area contributed by atoms with Crippen molar-refractivity contribution in [3.8, 4) is 0 Å². The topological polar surface area (TPSA) is 63.5 Å². The van der Waals surface area contributed by atoms with Gasteiger partial charge in [0, 0.05) is 29.2 Å². The van der Waals surface area contributed by atoms with Gasteiger partial charge in [0.1, 0.15) is 0 Å². The van der Waals surface area contributed by atoms with Gasteiger partial charge in [-0.25, -0.2) is 0 Å². The summed E-state index contributed by atoms with van der Waals surface area (Å²) in [5.74, 6) is 0.998. The normalized spacial score (nSPS) is 16.6. The van der Waals surface area contributed by atoms with Gasteiger partial charge in [-0.05, 0) is 30.9 Å². The number of benzene rings is 1. The molecule has 0 bridgehead atoms. The van der Waals surface area contributed by atoms with E-state index < -0.39 is 0 Å². The molecule has 0 saturated heterocycles. The van der Waals surface area contributed by atoms with Gasteiger partial charge < -0.3 is 15.5 Å². The van der Waals surface area contributed by atoms with Crippen molar-refractivity contribution in [3.63, 3.8) is 0 Å². The Balaban J connectivity index is 2.10. The van der Waals surface area contributed by atoms with Crippen molar-refractivity contribution in [1.82, 2.24) is 4.57 Å². The van der Waals surface area contributed by atoms with Crippen LogP contribution >= 0.6 is 0 Å². The molecule has 0 spiro atoms. The van der Waals surface area contributed by atoms with Crippen molar-refractivity contribution in [2.45, 2.75) is 19.4 Å². The minimum atomic E-state index is 0.166. The number of rotatable bonds is 3. The molecule has 1 aliphatic rings. The Morgan fingerprint density at radius 1 is 1.41 bits per heavy atom. The summed E-state index contributed by atoms with van der Waals surface area (Å²) >= 11 is 0. The Hall–Kier alpha value is -1.97. The molecule has 0 unspecified atom stereocenters. The maximum atomic E-state index is 8.77. The summed E-state index contributed by atoms with van der Waals surface area (Å²) in [6.07, 6.45) is 4.75. The molecule has 0 radical (unpaired) electrons. The van der Waals surface area contributed by atoms with Gasteiger partial charge in [0.15, 0.2) is 5.84 Å². The molecule has 1 aliphatic carbocycles. The zero-order valence-corrected chi connectivity index (χ0v) is 9.50. The molecule has 1 heterocycles. The number of nitrogens with zero attached hydrogens (tertiary/aromatic N) is 2. The molecule has 1 aromatic heterocycles. The van der Waals surface area contributed by atoms with Crippen LogP contribution in [0.15, 0.2) is 35.6 Å². The lowest BCUT2D eigenvalue weighted by Gasteiger charge is -2.05. The van der Waals surface area contributed by atoms with Crippen molar-refractivity contribution < 1.29 is 5.21 Å². The van der Waals surface area contributed by atoms with E-state index >= 15 is 0 Å². The highest BCUT2D eigenvalue weighted by Crippen LogP contribution is 2.32. The van der Waals surface area contributed by atoms with E-state index in [2.05, 4.69) is 22.0 Å². The van der Waals surface area contributed by atoms with Gasteiger partial charge >= 0.3 is 0 Å². The van der Waals surface area contributed by atoms with E-state index in [1.54, 1.807) is 0 Å². The standard InChI is InChI=1S/C13H15N3O/c14-13(15-17)11-2-1-3-12-10(11)6-7-16(12)8-9-4-5-9/h1-3,6-7,9,17H,4-5,8H2,(H2,14,15). The predicted molar refractivity (Wildman–Crippen MR) is 67.2 cm³/mol. The van der Waals surface area contributed by atoms with E-state index in [9.17, 15) is 0 Å². The smallest absolute Gasteiger partial charge is 0.170 e. The molecule has 17 heavy (non-hydrogen) atoms. The fourth-order valence-electron chi connectivity index (χ4n) is 2.24. The summed E-state index contributed by atoms with van der Waals surface area (Å²) in [6.45, 7) is 1.07. The maximum absolute atomic E-state index is 8.77. The van der Waals surface area contributed by atoms with Crippen LogP contribution < -0.4 is 5.73 Å². The highest BCUT2D eigenvalue weighted by atomic mass is 16.4. The summed E-state index contributed by atoms with van der Waals surface area (Å²) in [7, 11) is 0. The van der Waals surface area contributed by atoms with Crippen LogP contribution in [0.1, 0.15) is 18.4 Å². The first-order valence-electron chi connectivity index (χ1n) is 5.85. The lowest BCUT2D eigenvalue weighted by Crippen LogP contribution is -2.13. The van der Waals surface area contributed by atoms with Crippen molar-refractivity contribution in [2.75, 3.05) is 0 Å². The van der Waals surface area contributed by atoms with Crippen LogP contribution in [0.5, 0.6) is 0 Å². The molecule has 4 heteroatoms. The molecule has 3 N–H and O–H groups in total. The average Bonchev–Trinajstić information content (AvgIpc) is 3.08. The van der Waals surface area contributed by atoms with E-state index in [-0.39, 0.29) is 5.84 Å². The largest absolute Gasteiger partial charge is 0.409 e.